The Morgan fingerprint density at radius 3 is 1.55 bits per heavy atom. The predicted molar refractivity (Wildman–Crippen MR) is 128 cm³/mol. The number of nitro benzene ring substituents is 2. The molecule has 0 aromatic heterocycles. The lowest BCUT2D eigenvalue weighted by Crippen LogP contribution is -2.10. The highest BCUT2D eigenvalue weighted by Gasteiger charge is 2.15. The molecule has 0 atom stereocenters. The van der Waals surface area contributed by atoms with Crippen molar-refractivity contribution < 1.29 is 9.85 Å². The first-order valence-corrected chi connectivity index (χ1v) is 10.1. The lowest BCUT2D eigenvalue weighted by Gasteiger charge is -2.26. The van der Waals surface area contributed by atoms with Gasteiger partial charge in [0, 0.05) is 41.7 Å². The van der Waals surface area contributed by atoms with E-state index in [-0.39, 0.29) is 11.4 Å². The highest BCUT2D eigenvalue weighted by molar-refractivity contribution is 5.93. The number of rotatable bonds is 5. The molecule has 0 unspecified atom stereocenters. The van der Waals surface area contributed by atoms with Crippen molar-refractivity contribution in [2.45, 2.75) is 0 Å². The summed E-state index contributed by atoms with van der Waals surface area (Å²) in [5, 5.41) is 25.5. The summed E-state index contributed by atoms with van der Waals surface area (Å²) < 4.78 is 0. The van der Waals surface area contributed by atoms with Crippen LogP contribution in [0, 0.1) is 26.3 Å². The van der Waals surface area contributed by atoms with Crippen LogP contribution in [0.25, 0.3) is 21.5 Å². The molecule has 0 amide bonds. The summed E-state index contributed by atoms with van der Waals surface area (Å²) in [6.45, 7) is 0. The van der Waals surface area contributed by atoms with Crippen molar-refractivity contribution in [1.29, 1.82) is 0 Å². The lowest BCUT2D eigenvalue weighted by molar-refractivity contribution is -0.384. The molecule has 0 aliphatic heterocycles. The van der Waals surface area contributed by atoms with Gasteiger partial charge in [0.05, 0.1) is 15.5 Å². The van der Waals surface area contributed by atoms with Crippen LogP contribution in [0.3, 0.4) is 0 Å². The summed E-state index contributed by atoms with van der Waals surface area (Å²) in [7, 11) is 0. The third-order valence-electron chi connectivity index (χ3n) is 5.49. The van der Waals surface area contributed by atoms with Crippen LogP contribution in [0.5, 0.6) is 0 Å². The number of fused-ring (bicyclic) bond motifs is 2. The van der Waals surface area contributed by atoms with Gasteiger partial charge in [-0.1, -0.05) is 30.3 Å². The molecule has 5 aromatic carbocycles. The first kappa shape index (κ1) is 20.1. The molecule has 5 aromatic rings. The molecule has 5 rings (SSSR count). The molecule has 0 fully saturated rings. The van der Waals surface area contributed by atoms with Crippen LogP contribution in [-0.2, 0) is 0 Å². The summed E-state index contributed by atoms with van der Waals surface area (Å²) in [4.78, 5) is 23.4. The molecule has 159 valence electrons. The Balaban J connectivity index is 1.65. The fourth-order valence-corrected chi connectivity index (χ4v) is 3.90. The van der Waals surface area contributed by atoms with Crippen molar-refractivity contribution in [2.75, 3.05) is 4.90 Å². The standard InChI is InChI=1S/C26H16N3O4/c30-28(31)25-12-8-18-14-23(10-6-20(18)16-25)27(22-4-2-1-3-5-22)24-11-7-21-17-26(29(32)33)13-9-19(21)15-24/h1-4,6-17H. The fraction of sp³-hybridized carbons (Fsp3) is 0. The molecule has 7 nitrogen and oxygen atoms in total. The van der Waals surface area contributed by atoms with Gasteiger partial charge in [-0.3, -0.25) is 20.2 Å². The van der Waals surface area contributed by atoms with Gasteiger partial charge in [-0.2, -0.15) is 0 Å². The van der Waals surface area contributed by atoms with Crippen LogP contribution < -0.4 is 4.90 Å². The minimum absolute atomic E-state index is 0.0483. The van der Waals surface area contributed by atoms with Gasteiger partial charge in [-0.25, -0.2) is 0 Å². The monoisotopic (exact) mass is 434 g/mol. The first-order valence-electron chi connectivity index (χ1n) is 10.1. The highest BCUT2D eigenvalue weighted by Crippen LogP contribution is 2.37. The van der Waals surface area contributed by atoms with Crippen LogP contribution in [-0.4, -0.2) is 9.85 Å². The van der Waals surface area contributed by atoms with Gasteiger partial charge >= 0.3 is 0 Å². The van der Waals surface area contributed by atoms with E-state index < -0.39 is 9.85 Å². The Morgan fingerprint density at radius 2 is 1.09 bits per heavy atom. The Morgan fingerprint density at radius 1 is 0.606 bits per heavy atom. The second-order valence-corrected chi connectivity index (χ2v) is 7.53. The summed E-state index contributed by atoms with van der Waals surface area (Å²) in [6.07, 6.45) is 0. The molecule has 0 aliphatic carbocycles. The second-order valence-electron chi connectivity index (χ2n) is 7.53. The van der Waals surface area contributed by atoms with E-state index in [1.165, 1.54) is 12.1 Å². The molecule has 0 spiro atoms. The number of para-hydroxylation sites is 1. The van der Waals surface area contributed by atoms with E-state index in [0.717, 1.165) is 38.6 Å². The Hall–Kier alpha value is -4.78. The molecule has 0 bridgehead atoms. The van der Waals surface area contributed by atoms with E-state index in [9.17, 15) is 20.2 Å². The van der Waals surface area contributed by atoms with Crippen molar-refractivity contribution in [3.63, 3.8) is 0 Å². The van der Waals surface area contributed by atoms with Crippen molar-refractivity contribution in [1.82, 2.24) is 0 Å². The molecule has 0 aliphatic rings. The van der Waals surface area contributed by atoms with Crippen molar-refractivity contribution in [3.8, 4) is 0 Å². The number of nitrogens with zero attached hydrogens (tertiary/aromatic N) is 3. The molecule has 0 saturated carbocycles. The van der Waals surface area contributed by atoms with Gasteiger partial charge in [0.1, 0.15) is 0 Å². The Bertz CT molecular complexity index is 1440. The number of non-ortho nitro benzene ring substituents is 2. The van der Waals surface area contributed by atoms with E-state index in [2.05, 4.69) is 6.07 Å². The molecule has 0 saturated heterocycles. The number of hydrogen-bond donors (Lipinski definition) is 0. The van der Waals surface area contributed by atoms with Crippen LogP contribution in [0.15, 0.2) is 97.1 Å². The normalized spacial score (nSPS) is 10.9. The second kappa shape index (κ2) is 8.05. The van der Waals surface area contributed by atoms with Gasteiger partial charge in [0.15, 0.2) is 0 Å². The summed E-state index contributed by atoms with van der Waals surface area (Å²) in [5.41, 5.74) is 2.64. The van der Waals surface area contributed by atoms with Gasteiger partial charge in [0.25, 0.3) is 11.4 Å². The van der Waals surface area contributed by atoms with Crippen molar-refractivity contribution in [3.05, 3.63) is 123 Å². The molecular formula is C26H16N3O4. The molecule has 7 heteroatoms. The maximum Gasteiger partial charge on any atom is 0.270 e. The quantitative estimate of drug-likeness (QED) is 0.218. The van der Waals surface area contributed by atoms with E-state index in [0.29, 0.717) is 0 Å². The average Bonchev–Trinajstić information content (AvgIpc) is 2.84. The first-order chi connectivity index (χ1) is 16.0. The van der Waals surface area contributed by atoms with Crippen molar-refractivity contribution >= 4 is 50.0 Å². The third-order valence-corrected chi connectivity index (χ3v) is 5.49. The summed E-state index contributed by atoms with van der Waals surface area (Å²) in [5.74, 6) is 0. The topological polar surface area (TPSA) is 89.5 Å². The smallest absolute Gasteiger partial charge is 0.270 e. The largest absolute Gasteiger partial charge is 0.310 e. The van der Waals surface area contributed by atoms with Crippen LogP contribution in [0.2, 0.25) is 0 Å². The van der Waals surface area contributed by atoms with Crippen LogP contribution in [0.4, 0.5) is 28.4 Å². The number of hydrogen-bond acceptors (Lipinski definition) is 5. The third kappa shape index (κ3) is 3.83. The Labute approximate surface area is 188 Å². The maximum absolute atomic E-state index is 11.1. The van der Waals surface area contributed by atoms with Crippen LogP contribution in [0.1, 0.15) is 0 Å². The summed E-state index contributed by atoms with van der Waals surface area (Å²) in [6, 6.07) is 31.9. The molecule has 0 N–H and O–H groups in total. The number of benzene rings is 5. The number of nitro groups is 2. The minimum atomic E-state index is -0.405. The summed E-state index contributed by atoms with van der Waals surface area (Å²) >= 11 is 0. The Kier molecular flexibility index (Phi) is 4.91. The predicted octanol–water partition coefficient (Wildman–Crippen LogP) is 7.08. The van der Waals surface area contributed by atoms with E-state index in [4.69, 9.17) is 0 Å². The van der Waals surface area contributed by atoms with E-state index in [1.54, 1.807) is 24.3 Å². The highest BCUT2D eigenvalue weighted by atomic mass is 16.6. The molecular weight excluding hydrogens is 418 g/mol. The van der Waals surface area contributed by atoms with Gasteiger partial charge in [-0.15, -0.1) is 0 Å². The molecule has 1 radical (unpaired) electrons. The van der Waals surface area contributed by atoms with Crippen LogP contribution >= 0.6 is 0 Å². The van der Waals surface area contributed by atoms with E-state index >= 15 is 0 Å². The van der Waals surface area contributed by atoms with Gasteiger partial charge in [0.2, 0.25) is 0 Å². The zero-order valence-electron chi connectivity index (χ0n) is 17.2. The molecule has 33 heavy (non-hydrogen) atoms. The van der Waals surface area contributed by atoms with Gasteiger partial charge in [-0.05, 0) is 64.0 Å². The maximum atomic E-state index is 11.1. The zero-order valence-corrected chi connectivity index (χ0v) is 17.2. The van der Waals surface area contributed by atoms with Gasteiger partial charge < -0.3 is 4.90 Å². The SMILES string of the molecule is O=[N+]([O-])c1ccc2cc(N(c3[c]cccc3)c3ccc4cc([N+](=O)[O-])ccc4c3)ccc2c1. The minimum Gasteiger partial charge on any atom is -0.310 e. The van der Waals surface area contributed by atoms with Crippen molar-refractivity contribution in [2.24, 2.45) is 0 Å². The average molecular weight is 434 g/mol. The fourth-order valence-electron chi connectivity index (χ4n) is 3.90. The zero-order chi connectivity index (χ0) is 22.9. The van der Waals surface area contributed by atoms with E-state index in [1.807, 2.05) is 65.6 Å². The molecule has 0 heterocycles. The lowest BCUT2D eigenvalue weighted by atomic mass is 10.1. The number of anilines is 3.